The first-order valence-electron chi connectivity index (χ1n) is 10.8. The Morgan fingerprint density at radius 2 is 1.64 bits per heavy atom. The molecule has 0 spiro atoms. The summed E-state index contributed by atoms with van der Waals surface area (Å²) in [6.45, 7) is 7.40. The fourth-order valence-corrected chi connectivity index (χ4v) is 4.22. The Morgan fingerprint density at radius 1 is 1.03 bits per heavy atom. The van der Waals surface area contributed by atoms with Gasteiger partial charge in [0.25, 0.3) is 0 Å². The van der Waals surface area contributed by atoms with Crippen LogP contribution in [0.15, 0.2) is 57.3 Å². The third kappa shape index (κ3) is 3.82. The van der Waals surface area contributed by atoms with Gasteiger partial charge in [-0.25, -0.2) is 14.6 Å². The molecule has 2 aromatic heterocycles. The highest BCUT2D eigenvalue weighted by molar-refractivity contribution is 6.05. The first kappa shape index (κ1) is 22.4. The number of nitrogens with one attached hydrogen (secondary N) is 1. The number of nitrogens with zero attached hydrogens (tertiary/aromatic N) is 1. The molecule has 0 fully saturated rings. The zero-order chi connectivity index (χ0) is 23.7. The van der Waals surface area contributed by atoms with Crippen molar-refractivity contribution in [2.75, 3.05) is 20.3 Å². The van der Waals surface area contributed by atoms with Crippen molar-refractivity contribution < 1.29 is 28.2 Å². The molecule has 0 radical (unpaired) electrons. The van der Waals surface area contributed by atoms with E-state index in [4.69, 9.17) is 23.6 Å². The molecule has 0 saturated heterocycles. The number of para-hydroxylation sites is 1. The van der Waals surface area contributed by atoms with Gasteiger partial charge in [-0.15, -0.1) is 0 Å². The van der Waals surface area contributed by atoms with Crippen molar-refractivity contribution in [2.24, 2.45) is 0 Å². The number of ether oxygens (including phenoxy) is 3. The van der Waals surface area contributed by atoms with E-state index < -0.39 is 17.9 Å². The molecule has 8 heteroatoms. The van der Waals surface area contributed by atoms with Crippen LogP contribution >= 0.6 is 0 Å². The van der Waals surface area contributed by atoms with Crippen LogP contribution in [0.25, 0.3) is 22.1 Å². The van der Waals surface area contributed by atoms with E-state index >= 15 is 0 Å². The fourth-order valence-electron chi connectivity index (χ4n) is 4.22. The van der Waals surface area contributed by atoms with Crippen molar-refractivity contribution >= 4 is 34.0 Å². The number of pyridine rings is 1. The van der Waals surface area contributed by atoms with Crippen molar-refractivity contribution in [3.8, 4) is 5.75 Å². The summed E-state index contributed by atoms with van der Waals surface area (Å²) in [5.74, 6) is -1.41. The van der Waals surface area contributed by atoms with Crippen molar-refractivity contribution in [1.29, 1.82) is 0 Å². The summed E-state index contributed by atoms with van der Waals surface area (Å²) >= 11 is 0. The first-order valence-corrected chi connectivity index (χ1v) is 10.8. The van der Waals surface area contributed by atoms with Gasteiger partial charge in [0.05, 0.1) is 43.1 Å². The number of hydrogen-bond donors (Lipinski definition) is 1. The van der Waals surface area contributed by atoms with Gasteiger partial charge in [-0.3, -0.25) is 0 Å². The standard InChI is InChI=1S/C25H26N2O6/c1-6-31-24(28)19-13(3)26-14(4)20(25(29)32-7-2)21(19)16-12-18(30-5)23-22(27-16)15-10-8-9-11-17(15)33-23/h8-12,21,26H,6-7H2,1-5H3. The number of aromatic nitrogens is 1. The number of esters is 2. The number of rotatable bonds is 6. The molecule has 0 bridgehead atoms. The second-order valence-electron chi connectivity index (χ2n) is 7.60. The van der Waals surface area contributed by atoms with Crippen LogP contribution in [0.3, 0.4) is 0 Å². The smallest absolute Gasteiger partial charge is 0.336 e. The summed E-state index contributed by atoms with van der Waals surface area (Å²) in [6.07, 6.45) is 0. The van der Waals surface area contributed by atoms with Gasteiger partial charge in [0.2, 0.25) is 0 Å². The van der Waals surface area contributed by atoms with E-state index in [2.05, 4.69) is 5.32 Å². The van der Waals surface area contributed by atoms with Crippen molar-refractivity contribution in [1.82, 2.24) is 10.3 Å². The highest BCUT2D eigenvalue weighted by atomic mass is 16.5. The minimum Gasteiger partial charge on any atom is -0.493 e. The predicted octanol–water partition coefficient (Wildman–Crippen LogP) is 4.35. The molecule has 3 heterocycles. The van der Waals surface area contributed by atoms with Gasteiger partial charge in [0.15, 0.2) is 11.3 Å². The average Bonchev–Trinajstić information content (AvgIpc) is 3.16. The Balaban J connectivity index is 2.01. The van der Waals surface area contributed by atoms with Gasteiger partial charge in [0.1, 0.15) is 11.1 Å². The van der Waals surface area contributed by atoms with Crippen molar-refractivity contribution in [3.63, 3.8) is 0 Å². The lowest BCUT2D eigenvalue weighted by Crippen LogP contribution is -2.33. The Hall–Kier alpha value is -3.81. The fraction of sp³-hybridized carbons (Fsp3) is 0.320. The molecule has 0 amide bonds. The average molecular weight is 450 g/mol. The maximum Gasteiger partial charge on any atom is 0.336 e. The van der Waals surface area contributed by atoms with E-state index in [0.29, 0.717) is 50.7 Å². The van der Waals surface area contributed by atoms with E-state index in [-0.39, 0.29) is 13.2 Å². The molecule has 1 aliphatic rings. The highest BCUT2D eigenvalue weighted by Crippen LogP contribution is 2.42. The quantitative estimate of drug-likeness (QED) is 0.553. The minimum atomic E-state index is -0.809. The van der Waals surface area contributed by atoms with Crippen LogP contribution in [0, 0.1) is 0 Å². The molecule has 3 aromatic rings. The maximum absolute atomic E-state index is 13.0. The van der Waals surface area contributed by atoms with Crippen LogP contribution in [-0.4, -0.2) is 37.2 Å². The summed E-state index contributed by atoms with van der Waals surface area (Å²) in [4.78, 5) is 30.9. The Labute approximate surface area is 191 Å². The molecule has 0 unspecified atom stereocenters. The summed E-state index contributed by atoms with van der Waals surface area (Å²) in [5, 5.41) is 3.93. The van der Waals surface area contributed by atoms with Crippen molar-refractivity contribution in [2.45, 2.75) is 33.6 Å². The summed E-state index contributed by atoms with van der Waals surface area (Å²) in [6, 6.07) is 9.22. The van der Waals surface area contributed by atoms with Crippen LogP contribution < -0.4 is 10.1 Å². The minimum absolute atomic E-state index is 0.196. The number of allylic oxidation sites excluding steroid dienone is 2. The summed E-state index contributed by atoms with van der Waals surface area (Å²) in [7, 11) is 1.54. The Kier molecular flexibility index (Phi) is 6.09. The summed E-state index contributed by atoms with van der Waals surface area (Å²) < 4.78 is 22.3. The highest BCUT2D eigenvalue weighted by Gasteiger charge is 2.39. The maximum atomic E-state index is 13.0. The van der Waals surface area contributed by atoms with Crippen LogP contribution in [0.5, 0.6) is 5.75 Å². The lowest BCUT2D eigenvalue weighted by Gasteiger charge is -2.30. The largest absolute Gasteiger partial charge is 0.493 e. The van der Waals surface area contributed by atoms with Crippen molar-refractivity contribution in [3.05, 3.63) is 58.6 Å². The molecule has 0 saturated carbocycles. The van der Waals surface area contributed by atoms with Crippen LogP contribution in [0.1, 0.15) is 39.3 Å². The van der Waals surface area contributed by atoms with Gasteiger partial charge in [-0.05, 0) is 39.8 Å². The van der Waals surface area contributed by atoms with Crippen LogP contribution in [0.4, 0.5) is 0 Å². The molecule has 1 N–H and O–H groups in total. The molecular weight excluding hydrogens is 424 g/mol. The number of carbonyl (C=O) groups is 2. The molecule has 0 aliphatic carbocycles. The lowest BCUT2D eigenvalue weighted by atomic mass is 9.82. The molecular formula is C25H26N2O6. The summed E-state index contributed by atoms with van der Waals surface area (Å²) in [5.41, 5.74) is 3.96. The third-order valence-electron chi connectivity index (χ3n) is 5.58. The van der Waals surface area contributed by atoms with Gasteiger partial charge in [-0.1, -0.05) is 12.1 Å². The Morgan fingerprint density at radius 3 is 2.21 bits per heavy atom. The molecule has 172 valence electrons. The first-order chi connectivity index (χ1) is 15.9. The number of benzene rings is 1. The van der Waals surface area contributed by atoms with E-state index in [1.54, 1.807) is 33.8 Å². The van der Waals surface area contributed by atoms with Crippen LogP contribution in [0.2, 0.25) is 0 Å². The lowest BCUT2D eigenvalue weighted by molar-refractivity contribution is -0.139. The van der Waals surface area contributed by atoms with E-state index in [1.807, 2.05) is 24.3 Å². The Bertz CT molecular complexity index is 1280. The number of carbonyl (C=O) groups excluding carboxylic acids is 2. The zero-order valence-corrected chi connectivity index (χ0v) is 19.3. The van der Waals surface area contributed by atoms with E-state index in [1.165, 1.54) is 7.11 Å². The molecule has 0 atom stereocenters. The molecule has 1 aromatic carbocycles. The van der Waals surface area contributed by atoms with Gasteiger partial charge in [-0.2, -0.15) is 0 Å². The molecule has 1 aliphatic heterocycles. The molecule has 33 heavy (non-hydrogen) atoms. The predicted molar refractivity (Wildman–Crippen MR) is 123 cm³/mol. The molecule has 4 rings (SSSR count). The number of hydrogen-bond acceptors (Lipinski definition) is 8. The molecule has 8 nitrogen and oxygen atoms in total. The SMILES string of the molecule is CCOC(=O)C1=C(C)NC(C)=C(C(=O)OCC)C1c1cc(OC)c2oc3ccccc3c2n1. The van der Waals surface area contributed by atoms with Gasteiger partial charge in [0, 0.05) is 22.8 Å². The van der Waals surface area contributed by atoms with Crippen LogP contribution in [-0.2, 0) is 19.1 Å². The topological polar surface area (TPSA) is 99.9 Å². The van der Waals surface area contributed by atoms with Gasteiger partial charge < -0.3 is 23.9 Å². The van der Waals surface area contributed by atoms with E-state index in [9.17, 15) is 9.59 Å². The normalized spacial score (nSPS) is 14.6. The number of methoxy groups -OCH3 is 1. The van der Waals surface area contributed by atoms with Gasteiger partial charge >= 0.3 is 11.9 Å². The number of fused-ring (bicyclic) bond motifs is 3. The monoisotopic (exact) mass is 450 g/mol. The second kappa shape index (κ2) is 8.97. The number of furan rings is 1. The second-order valence-corrected chi connectivity index (χ2v) is 7.60. The van der Waals surface area contributed by atoms with E-state index in [0.717, 1.165) is 5.39 Å². The zero-order valence-electron chi connectivity index (χ0n) is 19.3. The third-order valence-corrected chi connectivity index (χ3v) is 5.58. The number of dihydropyridines is 1.